The number of nitrogens with zero attached hydrogens (tertiary/aromatic N) is 1. The second-order valence-corrected chi connectivity index (χ2v) is 6.48. The number of aromatic hydroxyl groups is 1. The summed E-state index contributed by atoms with van der Waals surface area (Å²) in [5.41, 5.74) is 7.14. The van der Waals surface area contributed by atoms with Crippen LogP contribution in [-0.2, 0) is 6.42 Å². The third-order valence-electron chi connectivity index (χ3n) is 3.66. The van der Waals surface area contributed by atoms with Crippen LogP contribution in [-0.4, -0.2) is 27.5 Å². The first-order valence-corrected chi connectivity index (χ1v) is 7.35. The maximum absolute atomic E-state index is 9.46. The van der Waals surface area contributed by atoms with E-state index in [2.05, 4.69) is 0 Å². The molecule has 4 heteroatoms. The summed E-state index contributed by atoms with van der Waals surface area (Å²) in [6, 6.07) is 8.27. The topological polar surface area (TPSA) is 58.6 Å². The van der Waals surface area contributed by atoms with Crippen LogP contribution in [0.5, 0.6) is 5.75 Å². The van der Waals surface area contributed by atoms with Gasteiger partial charge in [0.2, 0.25) is 0 Å². The van der Waals surface area contributed by atoms with Crippen LogP contribution in [0.25, 0.3) is 0 Å². The van der Waals surface area contributed by atoms with E-state index in [-0.39, 0.29) is 0 Å². The summed E-state index contributed by atoms with van der Waals surface area (Å²) in [7, 11) is 0. The zero-order valence-corrected chi connectivity index (χ0v) is 11.1. The summed E-state index contributed by atoms with van der Waals surface area (Å²) < 4.78 is 0. The Hall–Kier alpha value is -1.00. The molecule has 2 aliphatic rings. The van der Waals surface area contributed by atoms with Gasteiger partial charge in [0.1, 0.15) is 5.75 Å². The highest BCUT2D eigenvalue weighted by molar-refractivity contribution is 8.14. The van der Waals surface area contributed by atoms with Gasteiger partial charge in [-0.1, -0.05) is 12.1 Å². The lowest BCUT2D eigenvalue weighted by atomic mass is 9.92. The number of phenolic OH excluding ortho intramolecular Hbond substituents is 1. The normalized spacial score (nSPS) is 30.9. The highest BCUT2D eigenvalue weighted by Crippen LogP contribution is 2.37. The minimum absolute atomic E-state index is 0.329. The van der Waals surface area contributed by atoms with Crippen molar-refractivity contribution in [3.63, 3.8) is 0 Å². The van der Waals surface area contributed by atoms with E-state index in [1.54, 1.807) is 6.07 Å². The maximum atomic E-state index is 9.46. The van der Waals surface area contributed by atoms with Gasteiger partial charge in [-0.25, -0.2) is 0 Å². The average molecular weight is 262 g/mol. The quantitative estimate of drug-likeness (QED) is 0.860. The van der Waals surface area contributed by atoms with Crippen molar-refractivity contribution in [3.05, 3.63) is 29.8 Å². The number of benzene rings is 1. The van der Waals surface area contributed by atoms with Crippen molar-refractivity contribution in [2.24, 2.45) is 10.7 Å². The average Bonchev–Trinajstić information content (AvgIpc) is 2.70. The van der Waals surface area contributed by atoms with Crippen LogP contribution in [0.15, 0.2) is 29.3 Å². The molecule has 3 nitrogen and oxygen atoms in total. The Morgan fingerprint density at radius 3 is 3.11 bits per heavy atom. The first-order valence-electron chi connectivity index (χ1n) is 6.47. The molecule has 1 fully saturated rings. The number of aliphatic imine (C=N–C) groups is 1. The van der Waals surface area contributed by atoms with Crippen LogP contribution >= 0.6 is 11.8 Å². The molecular weight excluding hydrogens is 244 g/mol. The Bertz CT molecular complexity index is 475. The fourth-order valence-corrected chi connectivity index (χ4v) is 4.23. The summed E-state index contributed by atoms with van der Waals surface area (Å²) in [5.74, 6) is 0.329. The van der Waals surface area contributed by atoms with Crippen molar-refractivity contribution in [1.29, 1.82) is 0 Å². The van der Waals surface area contributed by atoms with Crippen molar-refractivity contribution >= 4 is 16.8 Å². The number of thioether (sulfide) groups is 1. The van der Waals surface area contributed by atoms with Crippen LogP contribution in [0.2, 0.25) is 0 Å². The number of rotatable bonds is 2. The van der Waals surface area contributed by atoms with Gasteiger partial charge in [0.05, 0.1) is 11.1 Å². The fraction of sp³-hybridized carbons (Fsp3) is 0.500. The molecule has 1 aliphatic carbocycles. The van der Waals surface area contributed by atoms with Crippen molar-refractivity contribution in [2.75, 3.05) is 0 Å². The molecule has 0 aromatic heterocycles. The monoisotopic (exact) mass is 262 g/mol. The van der Waals surface area contributed by atoms with Gasteiger partial charge in [-0.05, 0) is 37.0 Å². The van der Waals surface area contributed by atoms with Crippen LogP contribution in [0.4, 0.5) is 0 Å². The molecule has 0 amide bonds. The predicted octanol–water partition coefficient (Wildman–Crippen LogP) is 2.33. The fourth-order valence-electron chi connectivity index (χ4n) is 2.74. The standard InChI is InChI=1S/C14H18N2OS/c15-10-4-5-12-13(8-10)18-14(16-12)7-9-2-1-3-11(17)6-9/h1-3,6,10,12-13,17H,4-5,7-8,15H2. The van der Waals surface area contributed by atoms with Gasteiger partial charge in [0.25, 0.3) is 0 Å². The molecule has 3 N–H and O–H groups in total. The molecule has 18 heavy (non-hydrogen) atoms. The minimum atomic E-state index is 0.329. The molecule has 0 radical (unpaired) electrons. The highest BCUT2D eigenvalue weighted by atomic mass is 32.2. The summed E-state index contributed by atoms with van der Waals surface area (Å²) in [5, 5.41) is 11.2. The second-order valence-electron chi connectivity index (χ2n) is 5.17. The summed E-state index contributed by atoms with van der Waals surface area (Å²) in [6.45, 7) is 0. The van der Waals surface area contributed by atoms with Crippen molar-refractivity contribution in [3.8, 4) is 5.75 Å². The molecule has 1 aromatic carbocycles. The zero-order chi connectivity index (χ0) is 12.5. The molecule has 1 heterocycles. The molecule has 3 atom stereocenters. The van der Waals surface area contributed by atoms with Crippen LogP contribution < -0.4 is 5.73 Å². The second kappa shape index (κ2) is 4.94. The minimum Gasteiger partial charge on any atom is -0.508 e. The zero-order valence-electron chi connectivity index (χ0n) is 10.2. The molecule has 0 bridgehead atoms. The molecule has 0 spiro atoms. The lowest BCUT2D eigenvalue weighted by Crippen LogP contribution is -2.35. The van der Waals surface area contributed by atoms with E-state index in [1.807, 2.05) is 30.0 Å². The van der Waals surface area contributed by atoms with Crippen molar-refractivity contribution in [2.45, 2.75) is 43.0 Å². The predicted molar refractivity (Wildman–Crippen MR) is 76.2 cm³/mol. The highest BCUT2D eigenvalue weighted by Gasteiger charge is 2.34. The van der Waals surface area contributed by atoms with Crippen LogP contribution in [0.3, 0.4) is 0 Å². The first-order chi connectivity index (χ1) is 8.70. The molecule has 96 valence electrons. The van der Waals surface area contributed by atoms with Gasteiger partial charge < -0.3 is 10.8 Å². The third kappa shape index (κ3) is 2.54. The van der Waals surface area contributed by atoms with Gasteiger partial charge >= 0.3 is 0 Å². The first kappa shape index (κ1) is 12.1. The Morgan fingerprint density at radius 2 is 2.28 bits per heavy atom. The summed E-state index contributed by atoms with van der Waals surface area (Å²) in [6.07, 6.45) is 4.15. The van der Waals surface area contributed by atoms with E-state index < -0.39 is 0 Å². The van der Waals surface area contributed by atoms with Gasteiger partial charge in [-0.2, -0.15) is 0 Å². The lowest BCUT2D eigenvalue weighted by Gasteiger charge is -2.27. The van der Waals surface area contributed by atoms with Crippen molar-refractivity contribution in [1.82, 2.24) is 0 Å². The van der Waals surface area contributed by atoms with Gasteiger partial charge in [-0.15, -0.1) is 11.8 Å². The van der Waals surface area contributed by atoms with Gasteiger partial charge in [0, 0.05) is 17.7 Å². The molecule has 3 unspecified atom stereocenters. The Balaban J connectivity index is 1.68. The smallest absolute Gasteiger partial charge is 0.115 e. The van der Waals surface area contributed by atoms with E-state index in [0.29, 0.717) is 23.1 Å². The lowest BCUT2D eigenvalue weighted by molar-refractivity contribution is 0.411. The van der Waals surface area contributed by atoms with Crippen molar-refractivity contribution < 1.29 is 5.11 Å². The van der Waals surface area contributed by atoms with Gasteiger partial charge in [0.15, 0.2) is 0 Å². The Morgan fingerprint density at radius 1 is 1.39 bits per heavy atom. The van der Waals surface area contributed by atoms with E-state index >= 15 is 0 Å². The molecule has 1 aliphatic heterocycles. The number of fused-ring (bicyclic) bond motifs is 1. The van der Waals surface area contributed by atoms with Crippen LogP contribution in [0.1, 0.15) is 24.8 Å². The maximum Gasteiger partial charge on any atom is 0.115 e. The Labute approximate surface area is 111 Å². The third-order valence-corrected chi connectivity index (χ3v) is 4.99. The molecule has 3 rings (SSSR count). The molecule has 1 saturated carbocycles. The van der Waals surface area contributed by atoms with E-state index in [9.17, 15) is 5.11 Å². The van der Waals surface area contributed by atoms with E-state index in [4.69, 9.17) is 10.7 Å². The number of phenols is 1. The number of nitrogens with two attached hydrogens (primary N) is 1. The van der Waals surface area contributed by atoms with E-state index in [0.717, 1.165) is 31.2 Å². The SMILES string of the molecule is NC1CCC2N=C(Cc3cccc(O)c3)SC2C1. The summed E-state index contributed by atoms with van der Waals surface area (Å²) >= 11 is 1.89. The molecular formula is C14H18N2OS. The number of hydrogen-bond donors (Lipinski definition) is 2. The van der Waals surface area contributed by atoms with Crippen LogP contribution in [0, 0.1) is 0 Å². The molecule has 1 aromatic rings. The molecule has 0 saturated heterocycles. The number of hydrogen-bond acceptors (Lipinski definition) is 4. The summed E-state index contributed by atoms with van der Waals surface area (Å²) in [4.78, 5) is 4.81. The Kier molecular flexibility index (Phi) is 3.31. The van der Waals surface area contributed by atoms with E-state index in [1.165, 1.54) is 5.04 Å². The van der Waals surface area contributed by atoms with Gasteiger partial charge in [-0.3, -0.25) is 4.99 Å². The largest absolute Gasteiger partial charge is 0.508 e.